The van der Waals surface area contributed by atoms with E-state index in [2.05, 4.69) is 9.47 Å². The van der Waals surface area contributed by atoms with E-state index in [9.17, 15) is 23.7 Å². The van der Waals surface area contributed by atoms with Crippen molar-refractivity contribution in [2.24, 2.45) is 0 Å². The molecule has 19 heavy (non-hydrogen) atoms. The summed E-state index contributed by atoms with van der Waals surface area (Å²) >= 11 is 0. The van der Waals surface area contributed by atoms with Crippen molar-refractivity contribution < 1.29 is 28.0 Å². The van der Waals surface area contributed by atoms with Crippen LogP contribution < -0.4 is 10.5 Å². The molecular formula is C10H10F2N2O5. The van der Waals surface area contributed by atoms with E-state index in [0.29, 0.717) is 0 Å². The first-order valence-corrected chi connectivity index (χ1v) is 5.07. The summed E-state index contributed by atoms with van der Waals surface area (Å²) in [5.41, 5.74) is 3.46. The Morgan fingerprint density at radius 1 is 1.53 bits per heavy atom. The molecule has 0 aliphatic heterocycles. The standard InChI is InChI=1S/C10H10F2N2O5/c1-2-18-9(15)5-3-4-6(19-10(11)12)7(13)8(5)14(16)17/h3-4,10H,2,13H2,1H3. The van der Waals surface area contributed by atoms with Crippen LogP contribution >= 0.6 is 0 Å². The van der Waals surface area contributed by atoms with Crippen LogP contribution in [0, 0.1) is 10.1 Å². The summed E-state index contributed by atoms with van der Waals surface area (Å²) in [6.45, 7) is -1.66. The highest BCUT2D eigenvalue weighted by atomic mass is 19.3. The fourth-order valence-electron chi connectivity index (χ4n) is 1.36. The number of benzene rings is 1. The van der Waals surface area contributed by atoms with Crippen LogP contribution in [0.15, 0.2) is 12.1 Å². The number of anilines is 1. The zero-order valence-corrected chi connectivity index (χ0v) is 9.76. The number of ether oxygens (including phenoxy) is 2. The highest BCUT2D eigenvalue weighted by Crippen LogP contribution is 2.35. The largest absolute Gasteiger partial charge is 0.462 e. The lowest BCUT2D eigenvalue weighted by Crippen LogP contribution is -2.12. The Bertz CT molecular complexity index is 507. The van der Waals surface area contributed by atoms with E-state index < -0.39 is 40.2 Å². The molecular weight excluding hydrogens is 266 g/mol. The van der Waals surface area contributed by atoms with Gasteiger partial charge in [0, 0.05) is 0 Å². The first-order valence-electron chi connectivity index (χ1n) is 5.07. The third kappa shape index (κ3) is 3.27. The van der Waals surface area contributed by atoms with Gasteiger partial charge in [0.1, 0.15) is 5.56 Å². The van der Waals surface area contributed by atoms with Gasteiger partial charge in [-0.2, -0.15) is 8.78 Å². The van der Waals surface area contributed by atoms with E-state index in [4.69, 9.17) is 5.73 Å². The van der Waals surface area contributed by atoms with Gasteiger partial charge in [-0.25, -0.2) is 4.79 Å². The molecule has 2 N–H and O–H groups in total. The minimum absolute atomic E-state index is 0.00514. The average molecular weight is 276 g/mol. The van der Waals surface area contributed by atoms with E-state index in [0.717, 1.165) is 12.1 Å². The van der Waals surface area contributed by atoms with E-state index in [1.165, 1.54) is 6.92 Å². The second kappa shape index (κ2) is 5.94. The lowest BCUT2D eigenvalue weighted by molar-refractivity contribution is -0.384. The number of nitrogen functional groups attached to an aromatic ring is 1. The Morgan fingerprint density at radius 3 is 2.63 bits per heavy atom. The smallest absolute Gasteiger partial charge is 0.387 e. The average Bonchev–Trinajstić information content (AvgIpc) is 2.30. The van der Waals surface area contributed by atoms with Crippen LogP contribution in [-0.4, -0.2) is 24.1 Å². The highest BCUT2D eigenvalue weighted by molar-refractivity contribution is 5.97. The van der Waals surface area contributed by atoms with Crippen molar-refractivity contribution in [3.63, 3.8) is 0 Å². The van der Waals surface area contributed by atoms with E-state index in [-0.39, 0.29) is 6.61 Å². The van der Waals surface area contributed by atoms with Crippen LogP contribution in [0.4, 0.5) is 20.2 Å². The summed E-state index contributed by atoms with van der Waals surface area (Å²) in [6, 6.07) is 1.89. The summed E-state index contributed by atoms with van der Waals surface area (Å²) in [5, 5.41) is 10.9. The molecule has 0 saturated carbocycles. The van der Waals surface area contributed by atoms with Crippen molar-refractivity contribution in [3.05, 3.63) is 27.8 Å². The van der Waals surface area contributed by atoms with Crippen molar-refractivity contribution >= 4 is 17.3 Å². The number of carbonyl (C=O) groups is 1. The normalized spacial score (nSPS) is 10.3. The molecule has 0 spiro atoms. The second-order valence-corrected chi connectivity index (χ2v) is 3.23. The van der Waals surface area contributed by atoms with Crippen molar-refractivity contribution in [2.75, 3.05) is 12.3 Å². The lowest BCUT2D eigenvalue weighted by atomic mass is 10.1. The number of nitro benzene ring substituents is 1. The predicted molar refractivity (Wildman–Crippen MR) is 60.1 cm³/mol. The van der Waals surface area contributed by atoms with Crippen molar-refractivity contribution in [1.29, 1.82) is 0 Å². The number of rotatable bonds is 5. The summed E-state index contributed by atoms with van der Waals surface area (Å²) in [5.74, 6) is -1.54. The molecule has 0 radical (unpaired) electrons. The van der Waals surface area contributed by atoms with E-state index in [1.807, 2.05) is 0 Å². The molecule has 0 fully saturated rings. The molecule has 0 aliphatic rings. The van der Waals surface area contributed by atoms with Crippen LogP contribution in [0.2, 0.25) is 0 Å². The maximum absolute atomic E-state index is 12.1. The van der Waals surface area contributed by atoms with Crippen LogP contribution in [0.3, 0.4) is 0 Å². The van der Waals surface area contributed by atoms with Gasteiger partial charge in [-0.3, -0.25) is 10.1 Å². The molecule has 7 nitrogen and oxygen atoms in total. The monoisotopic (exact) mass is 276 g/mol. The topological polar surface area (TPSA) is 105 Å². The first-order chi connectivity index (χ1) is 8.88. The Labute approximate surface area is 106 Å². The van der Waals surface area contributed by atoms with Crippen molar-refractivity contribution in [3.8, 4) is 5.75 Å². The van der Waals surface area contributed by atoms with Gasteiger partial charge in [-0.05, 0) is 19.1 Å². The number of alkyl halides is 2. The van der Waals surface area contributed by atoms with Gasteiger partial charge in [-0.1, -0.05) is 0 Å². The number of halogens is 2. The minimum atomic E-state index is -3.18. The Balaban J connectivity index is 3.31. The quantitative estimate of drug-likeness (QED) is 0.381. The van der Waals surface area contributed by atoms with Gasteiger partial charge in [0.2, 0.25) is 0 Å². The molecule has 0 heterocycles. The summed E-state index contributed by atoms with van der Waals surface area (Å²) in [4.78, 5) is 21.4. The first kappa shape index (κ1) is 14.6. The molecule has 1 aromatic rings. The molecule has 0 unspecified atom stereocenters. The molecule has 104 valence electrons. The predicted octanol–water partition coefficient (Wildman–Crippen LogP) is 1.96. The molecule has 0 aromatic heterocycles. The summed E-state index contributed by atoms with van der Waals surface area (Å²) < 4.78 is 32.8. The van der Waals surface area contributed by atoms with E-state index in [1.54, 1.807) is 0 Å². The molecule has 0 bridgehead atoms. The molecule has 0 amide bonds. The van der Waals surface area contributed by atoms with Gasteiger partial charge in [0.05, 0.1) is 11.5 Å². The molecule has 1 rings (SSSR count). The van der Waals surface area contributed by atoms with Crippen LogP contribution in [0.5, 0.6) is 5.75 Å². The third-order valence-electron chi connectivity index (χ3n) is 2.07. The SMILES string of the molecule is CCOC(=O)c1ccc(OC(F)F)c(N)c1[N+](=O)[O-]. The Morgan fingerprint density at radius 2 is 2.16 bits per heavy atom. The number of hydrogen-bond acceptors (Lipinski definition) is 6. The van der Waals surface area contributed by atoms with Gasteiger partial charge in [0.15, 0.2) is 11.4 Å². The zero-order chi connectivity index (χ0) is 14.6. The summed E-state index contributed by atoms with van der Waals surface area (Å²) in [7, 11) is 0. The number of hydrogen-bond donors (Lipinski definition) is 1. The number of nitrogens with zero attached hydrogens (tertiary/aromatic N) is 1. The maximum Gasteiger partial charge on any atom is 0.387 e. The van der Waals surface area contributed by atoms with E-state index >= 15 is 0 Å². The van der Waals surface area contributed by atoms with Crippen LogP contribution in [-0.2, 0) is 4.74 Å². The number of nitrogens with two attached hydrogens (primary N) is 1. The van der Waals surface area contributed by atoms with Gasteiger partial charge < -0.3 is 15.2 Å². The van der Waals surface area contributed by atoms with Crippen LogP contribution in [0.25, 0.3) is 0 Å². The highest BCUT2D eigenvalue weighted by Gasteiger charge is 2.28. The molecule has 0 saturated heterocycles. The number of nitro groups is 1. The third-order valence-corrected chi connectivity index (χ3v) is 2.07. The van der Waals surface area contributed by atoms with Crippen molar-refractivity contribution in [1.82, 2.24) is 0 Å². The second-order valence-electron chi connectivity index (χ2n) is 3.23. The fraction of sp³-hybridized carbons (Fsp3) is 0.300. The lowest BCUT2D eigenvalue weighted by Gasteiger charge is -2.10. The van der Waals surface area contributed by atoms with Crippen molar-refractivity contribution in [2.45, 2.75) is 13.5 Å². The summed E-state index contributed by atoms with van der Waals surface area (Å²) in [6.07, 6.45) is 0. The molecule has 0 aliphatic carbocycles. The van der Waals surface area contributed by atoms with Gasteiger partial charge in [0.25, 0.3) is 0 Å². The molecule has 9 heteroatoms. The number of esters is 1. The van der Waals surface area contributed by atoms with Crippen LogP contribution in [0.1, 0.15) is 17.3 Å². The minimum Gasteiger partial charge on any atom is -0.462 e. The van der Waals surface area contributed by atoms with Gasteiger partial charge in [-0.15, -0.1) is 0 Å². The molecule has 1 aromatic carbocycles. The maximum atomic E-state index is 12.1. The van der Waals surface area contributed by atoms with Gasteiger partial charge >= 0.3 is 18.3 Å². The zero-order valence-electron chi connectivity index (χ0n) is 9.76. The Kier molecular flexibility index (Phi) is 4.56. The molecule has 0 atom stereocenters. The fourth-order valence-corrected chi connectivity index (χ4v) is 1.36. The number of carbonyl (C=O) groups excluding carboxylic acids is 1. The Hall–Kier alpha value is -2.45.